The predicted molar refractivity (Wildman–Crippen MR) is 59.4 cm³/mol. The number of halogens is 1. The molecule has 0 aliphatic heterocycles. The number of carbonyl (C=O) groups excluding carboxylic acids is 1. The van der Waals surface area contributed by atoms with Crippen LogP contribution in [0.2, 0.25) is 0 Å². The summed E-state index contributed by atoms with van der Waals surface area (Å²) in [6.07, 6.45) is 0. The van der Waals surface area contributed by atoms with E-state index >= 15 is 0 Å². The van der Waals surface area contributed by atoms with Crippen molar-refractivity contribution in [2.45, 2.75) is 6.92 Å². The summed E-state index contributed by atoms with van der Waals surface area (Å²) in [5, 5.41) is 9.57. The molecular weight excluding hydrogens is 210 g/mol. The molecule has 0 aliphatic carbocycles. The van der Waals surface area contributed by atoms with Crippen LogP contribution in [0.15, 0.2) is 12.2 Å². The standard InChI is InChI=1S/C7H13N3OS.ClH/c1-5(2)6(11)10-3-4-12-7(8)9;/h1,3-4H2,2H3,(H3,8,9)(H,10,11);1H. The van der Waals surface area contributed by atoms with Crippen LogP contribution in [-0.2, 0) is 4.79 Å². The average Bonchev–Trinajstić information content (AvgIpc) is 1.97. The molecule has 0 aromatic carbocycles. The van der Waals surface area contributed by atoms with E-state index in [2.05, 4.69) is 11.9 Å². The van der Waals surface area contributed by atoms with Gasteiger partial charge in [-0.25, -0.2) is 0 Å². The van der Waals surface area contributed by atoms with Crippen LogP contribution in [0.4, 0.5) is 0 Å². The number of carbonyl (C=O) groups is 1. The van der Waals surface area contributed by atoms with Gasteiger partial charge in [0, 0.05) is 17.9 Å². The lowest BCUT2D eigenvalue weighted by Crippen LogP contribution is -2.26. The number of rotatable bonds is 4. The molecule has 0 aliphatic rings. The molecule has 0 saturated heterocycles. The number of amidine groups is 1. The van der Waals surface area contributed by atoms with Gasteiger partial charge in [0.1, 0.15) is 0 Å². The first-order valence-corrected chi connectivity index (χ1v) is 4.43. The van der Waals surface area contributed by atoms with Crippen molar-refractivity contribution < 1.29 is 4.79 Å². The van der Waals surface area contributed by atoms with E-state index in [1.165, 1.54) is 11.8 Å². The number of thioether (sulfide) groups is 1. The number of amides is 1. The van der Waals surface area contributed by atoms with Crippen LogP contribution >= 0.6 is 24.2 Å². The highest BCUT2D eigenvalue weighted by molar-refractivity contribution is 8.13. The second-order valence-electron chi connectivity index (χ2n) is 2.25. The van der Waals surface area contributed by atoms with Gasteiger partial charge in [-0.2, -0.15) is 0 Å². The van der Waals surface area contributed by atoms with Gasteiger partial charge >= 0.3 is 0 Å². The number of nitrogens with two attached hydrogens (primary N) is 1. The minimum atomic E-state index is -0.154. The number of nitrogens with one attached hydrogen (secondary N) is 2. The van der Waals surface area contributed by atoms with E-state index in [-0.39, 0.29) is 23.5 Å². The molecule has 0 aromatic rings. The first-order chi connectivity index (χ1) is 5.54. The Labute approximate surface area is 88.3 Å². The zero-order valence-electron chi connectivity index (χ0n) is 7.42. The third-order valence-electron chi connectivity index (χ3n) is 1.03. The molecule has 76 valence electrons. The van der Waals surface area contributed by atoms with E-state index in [4.69, 9.17) is 11.1 Å². The third-order valence-corrected chi connectivity index (χ3v) is 1.75. The van der Waals surface area contributed by atoms with Gasteiger partial charge in [0.2, 0.25) is 5.91 Å². The van der Waals surface area contributed by atoms with Crippen LogP contribution in [0, 0.1) is 5.41 Å². The van der Waals surface area contributed by atoms with Crippen molar-refractivity contribution in [3.05, 3.63) is 12.2 Å². The predicted octanol–water partition coefficient (Wildman–Crippen LogP) is 0.727. The highest BCUT2D eigenvalue weighted by atomic mass is 35.5. The average molecular weight is 224 g/mol. The van der Waals surface area contributed by atoms with Crippen LogP contribution in [0.25, 0.3) is 0 Å². The van der Waals surface area contributed by atoms with Gasteiger partial charge in [-0.05, 0) is 6.92 Å². The Balaban J connectivity index is 0. The van der Waals surface area contributed by atoms with Crippen LogP contribution < -0.4 is 11.1 Å². The molecule has 0 heterocycles. The number of hydrogen-bond donors (Lipinski definition) is 3. The minimum Gasteiger partial charge on any atom is -0.379 e. The maximum Gasteiger partial charge on any atom is 0.246 e. The van der Waals surface area contributed by atoms with Gasteiger partial charge in [0.25, 0.3) is 0 Å². The largest absolute Gasteiger partial charge is 0.379 e. The molecule has 6 heteroatoms. The summed E-state index contributed by atoms with van der Waals surface area (Å²) in [5.74, 6) is 0.466. The highest BCUT2D eigenvalue weighted by Crippen LogP contribution is 1.95. The van der Waals surface area contributed by atoms with Crippen LogP contribution in [-0.4, -0.2) is 23.4 Å². The zero-order chi connectivity index (χ0) is 9.56. The molecular formula is C7H14ClN3OS. The second kappa shape index (κ2) is 7.94. The van der Waals surface area contributed by atoms with Crippen molar-refractivity contribution >= 4 is 35.2 Å². The summed E-state index contributed by atoms with van der Waals surface area (Å²) in [5.41, 5.74) is 5.57. The Morgan fingerprint density at radius 3 is 2.62 bits per heavy atom. The highest BCUT2D eigenvalue weighted by Gasteiger charge is 1.99. The van der Waals surface area contributed by atoms with Crippen molar-refractivity contribution in [3.63, 3.8) is 0 Å². The van der Waals surface area contributed by atoms with Crippen molar-refractivity contribution in [3.8, 4) is 0 Å². The van der Waals surface area contributed by atoms with Crippen LogP contribution in [0.1, 0.15) is 6.92 Å². The molecule has 0 unspecified atom stereocenters. The third kappa shape index (κ3) is 9.23. The molecule has 0 bridgehead atoms. The summed E-state index contributed by atoms with van der Waals surface area (Å²) in [6, 6.07) is 0. The summed E-state index contributed by atoms with van der Waals surface area (Å²) in [7, 11) is 0. The van der Waals surface area contributed by atoms with E-state index in [9.17, 15) is 4.79 Å². The molecule has 0 atom stereocenters. The van der Waals surface area contributed by atoms with Gasteiger partial charge in [0.15, 0.2) is 5.17 Å². The van der Waals surface area contributed by atoms with E-state index in [0.29, 0.717) is 17.9 Å². The van der Waals surface area contributed by atoms with Gasteiger partial charge in [-0.15, -0.1) is 12.4 Å². The SMILES string of the molecule is C=C(C)C(=O)NCCSC(=N)N.Cl. The molecule has 0 radical (unpaired) electrons. The van der Waals surface area contributed by atoms with Gasteiger partial charge in [0.05, 0.1) is 0 Å². The van der Waals surface area contributed by atoms with E-state index in [1.807, 2.05) is 0 Å². The van der Waals surface area contributed by atoms with Crippen molar-refractivity contribution in [1.82, 2.24) is 5.32 Å². The molecule has 1 amide bonds. The Morgan fingerprint density at radius 1 is 1.69 bits per heavy atom. The molecule has 0 fully saturated rings. The first kappa shape index (κ1) is 14.8. The molecule has 4 nitrogen and oxygen atoms in total. The van der Waals surface area contributed by atoms with E-state index < -0.39 is 0 Å². The monoisotopic (exact) mass is 223 g/mol. The molecule has 4 N–H and O–H groups in total. The Morgan fingerprint density at radius 2 is 2.23 bits per heavy atom. The smallest absolute Gasteiger partial charge is 0.246 e. The summed E-state index contributed by atoms with van der Waals surface area (Å²) in [4.78, 5) is 10.9. The Kier molecular flexibility index (Phi) is 9.06. The summed E-state index contributed by atoms with van der Waals surface area (Å²) in [6.45, 7) is 5.64. The lowest BCUT2D eigenvalue weighted by atomic mass is 10.3. The van der Waals surface area contributed by atoms with Crippen molar-refractivity contribution in [1.29, 1.82) is 5.41 Å². The minimum absolute atomic E-state index is 0. The quantitative estimate of drug-likeness (QED) is 0.285. The van der Waals surface area contributed by atoms with Gasteiger partial charge in [-0.1, -0.05) is 18.3 Å². The Hall–Kier alpha value is -0.680. The number of hydrogen-bond acceptors (Lipinski definition) is 3. The van der Waals surface area contributed by atoms with Crippen molar-refractivity contribution in [2.24, 2.45) is 5.73 Å². The topological polar surface area (TPSA) is 79.0 Å². The maximum atomic E-state index is 10.9. The molecule has 0 aromatic heterocycles. The zero-order valence-corrected chi connectivity index (χ0v) is 9.06. The fourth-order valence-electron chi connectivity index (χ4n) is 0.476. The van der Waals surface area contributed by atoms with Crippen LogP contribution in [0.3, 0.4) is 0 Å². The molecule has 13 heavy (non-hydrogen) atoms. The van der Waals surface area contributed by atoms with Gasteiger partial charge < -0.3 is 11.1 Å². The normalized spacial score (nSPS) is 8.38. The summed E-state index contributed by atoms with van der Waals surface area (Å²) < 4.78 is 0. The fraction of sp³-hybridized carbons (Fsp3) is 0.429. The van der Waals surface area contributed by atoms with E-state index in [1.54, 1.807) is 6.92 Å². The fourth-order valence-corrected chi connectivity index (χ4v) is 0.900. The second-order valence-corrected chi connectivity index (χ2v) is 3.39. The lowest BCUT2D eigenvalue weighted by molar-refractivity contribution is -0.117. The first-order valence-electron chi connectivity index (χ1n) is 3.44. The summed E-state index contributed by atoms with van der Waals surface area (Å²) >= 11 is 1.20. The van der Waals surface area contributed by atoms with E-state index in [0.717, 1.165) is 0 Å². The molecule has 0 spiro atoms. The lowest BCUT2D eigenvalue weighted by Gasteiger charge is -2.02. The van der Waals surface area contributed by atoms with Crippen LogP contribution in [0.5, 0.6) is 0 Å². The Bertz CT molecular complexity index is 208. The van der Waals surface area contributed by atoms with Gasteiger partial charge in [-0.3, -0.25) is 10.2 Å². The molecule has 0 saturated carbocycles. The maximum absolute atomic E-state index is 10.9. The molecule has 0 rings (SSSR count). The van der Waals surface area contributed by atoms with Crippen molar-refractivity contribution in [2.75, 3.05) is 12.3 Å².